The fourth-order valence-corrected chi connectivity index (χ4v) is 4.38. The molecule has 6 nitrogen and oxygen atoms in total. The van der Waals surface area contributed by atoms with E-state index in [9.17, 15) is 8.42 Å². The molecule has 152 valence electrons. The van der Waals surface area contributed by atoms with Crippen molar-refractivity contribution in [2.75, 3.05) is 10.0 Å². The Morgan fingerprint density at radius 3 is 2.03 bits per heavy atom. The van der Waals surface area contributed by atoms with E-state index >= 15 is 0 Å². The van der Waals surface area contributed by atoms with Gasteiger partial charge in [-0.15, -0.1) is 0 Å². The Morgan fingerprint density at radius 2 is 1.37 bits per heavy atom. The maximum atomic E-state index is 12.9. The predicted octanol–water partition coefficient (Wildman–Crippen LogP) is 4.78. The van der Waals surface area contributed by atoms with Gasteiger partial charge in [-0.2, -0.15) is 5.10 Å². The van der Waals surface area contributed by atoms with Crippen LogP contribution in [0.1, 0.15) is 11.3 Å². The summed E-state index contributed by atoms with van der Waals surface area (Å²) in [7, 11) is -3.74. The number of rotatable bonds is 7. The van der Waals surface area contributed by atoms with E-state index in [1.807, 2.05) is 72.8 Å². The summed E-state index contributed by atoms with van der Waals surface area (Å²) < 4.78 is 30.0. The second-order valence-corrected chi connectivity index (χ2v) is 8.59. The molecule has 0 spiro atoms. The molecule has 0 unspecified atom stereocenters. The fraction of sp³-hybridized carbons (Fsp3) is 0.0870. The van der Waals surface area contributed by atoms with Gasteiger partial charge in [-0.05, 0) is 48.9 Å². The van der Waals surface area contributed by atoms with E-state index in [4.69, 9.17) is 0 Å². The van der Waals surface area contributed by atoms with Crippen molar-refractivity contribution in [2.45, 2.75) is 18.4 Å². The highest BCUT2D eigenvalue weighted by molar-refractivity contribution is 7.92. The van der Waals surface area contributed by atoms with Crippen molar-refractivity contribution in [1.82, 2.24) is 9.78 Å². The molecule has 2 N–H and O–H groups in total. The number of sulfonamides is 1. The number of nitrogens with zero attached hydrogens (tertiary/aromatic N) is 2. The number of nitrogens with one attached hydrogen (secondary N) is 2. The molecule has 4 aromatic rings. The van der Waals surface area contributed by atoms with Crippen LogP contribution in [-0.4, -0.2) is 18.2 Å². The summed E-state index contributed by atoms with van der Waals surface area (Å²) in [6.07, 6.45) is 1.57. The van der Waals surface area contributed by atoms with Gasteiger partial charge in [0.2, 0.25) is 0 Å². The minimum atomic E-state index is -3.74. The molecule has 0 aliphatic carbocycles. The number of hydrogen-bond donors (Lipinski definition) is 2. The normalized spacial score (nSPS) is 11.2. The summed E-state index contributed by atoms with van der Waals surface area (Å²) in [6.45, 7) is 2.21. The molecular formula is C23H22N4O2S. The van der Waals surface area contributed by atoms with E-state index in [0.717, 1.165) is 16.9 Å². The van der Waals surface area contributed by atoms with Gasteiger partial charge in [-0.1, -0.05) is 48.5 Å². The monoisotopic (exact) mass is 418 g/mol. The Labute approximate surface area is 176 Å². The minimum absolute atomic E-state index is 0.171. The molecule has 0 atom stereocenters. The second-order valence-electron chi connectivity index (χ2n) is 6.94. The Kier molecular flexibility index (Phi) is 5.54. The lowest BCUT2D eigenvalue weighted by Gasteiger charge is -2.09. The van der Waals surface area contributed by atoms with E-state index in [1.54, 1.807) is 29.9 Å². The van der Waals surface area contributed by atoms with Crippen LogP contribution in [0.2, 0.25) is 0 Å². The molecule has 0 saturated carbocycles. The maximum Gasteiger partial charge on any atom is 0.265 e. The van der Waals surface area contributed by atoms with E-state index in [2.05, 4.69) is 15.1 Å². The first-order valence-electron chi connectivity index (χ1n) is 9.52. The summed E-state index contributed by atoms with van der Waals surface area (Å²) in [5.41, 5.74) is 3.84. The predicted molar refractivity (Wildman–Crippen MR) is 119 cm³/mol. The topological polar surface area (TPSA) is 76.0 Å². The van der Waals surface area contributed by atoms with Crippen LogP contribution in [0.15, 0.2) is 96.0 Å². The molecule has 3 aromatic carbocycles. The van der Waals surface area contributed by atoms with Crippen molar-refractivity contribution in [3.63, 3.8) is 0 Å². The molecule has 4 rings (SSSR count). The molecule has 0 amide bonds. The first-order chi connectivity index (χ1) is 14.5. The van der Waals surface area contributed by atoms with Gasteiger partial charge in [0.25, 0.3) is 10.0 Å². The summed E-state index contributed by atoms with van der Waals surface area (Å²) in [5, 5.41) is 7.63. The summed E-state index contributed by atoms with van der Waals surface area (Å²) in [5.74, 6) is 0. The van der Waals surface area contributed by atoms with Crippen LogP contribution in [0, 0.1) is 6.92 Å². The van der Waals surface area contributed by atoms with Gasteiger partial charge in [0.15, 0.2) is 0 Å². The lowest BCUT2D eigenvalue weighted by Crippen LogP contribution is -2.13. The summed E-state index contributed by atoms with van der Waals surface area (Å²) in [4.78, 5) is 0.171. The van der Waals surface area contributed by atoms with E-state index in [0.29, 0.717) is 17.9 Å². The third-order valence-electron chi connectivity index (χ3n) is 4.58. The van der Waals surface area contributed by atoms with Crippen molar-refractivity contribution in [3.8, 4) is 0 Å². The van der Waals surface area contributed by atoms with Crippen LogP contribution in [-0.2, 0) is 16.6 Å². The molecule has 1 heterocycles. The second kappa shape index (κ2) is 8.42. The third kappa shape index (κ3) is 4.69. The van der Waals surface area contributed by atoms with Crippen LogP contribution < -0.4 is 10.0 Å². The minimum Gasteiger partial charge on any atom is -0.356 e. The van der Waals surface area contributed by atoms with Gasteiger partial charge in [0.1, 0.15) is 4.90 Å². The number of anilines is 3. The Bertz CT molecular complexity index is 1220. The van der Waals surface area contributed by atoms with Crippen LogP contribution in [0.4, 0.5) is 17.1 Å². The summed E-state index contributed by atoms with van der Waals surface area (Å²) in [6, 6.07) is 26.7. The zero-order valence-corrected chi connectivity index (χ0v) is 17.3. The number of para-hydroxylation sites is 1. The Morgan fingerprint density at radius 1 is 0.800 bits per heavy atom. The zero-order chi connectivity index (χ0) is 21.0. The van der Waals surface area contributed by atoms with E-state index in [1.165, 1.54) is 0 Å². The average Bonchev–Trinajstić information content (AvgIpc) is 3.12. The molecule has 0 fully saturated rings. The first kappa shape index (κ1) is 19.7. The largest absolute Gasteiger partial charge is 0.356 e. The third-order valence-corrected chi connectivity index (χ3v) is 6.06. The number of benzene rings is 3. The van der Waals surface area contributed by atoms with Crippen molar-refractivity contribution in [2.24, 2.45) is 0 Å². The molecule has 7 heteroatoms. The van der Waals surface area contributed by atoms with Crippen LogP contribution >= 0.6 is 0 Å². The Hall–Kier alpha value is -3.58. The highest BCUT2D eigenvalue weighted by atomic mass is 32.2. The number of hydrogen-bond acceptors (Lipinski definition) is 4. The highest BCUT2D eigenvalue weighted by Crippen LogP contribution is 2.22. The van der Waals surface area contributed by atoms with Crippen molar-refractivity contribution < 1.29 is 8.42 Å². The van der Waals surface area contributed by atoms with Crippen LogP contribution in [0.5, 0.6) is 0 Å². The number of aryl methyl sites for hydroxylation is 1. The molecule has 30 heavy (non-hydrogen) atoms. The standard InChI is InChI=1S/C23H22N4O2S/c1-18-23(17-27(25-18)16-19-8-4-2-5-9-19)30(28,29)26-22-14-12-21(13-15-22)24-20-10-6-3-7-11-20/h2-15,17,24,26H,16H2,1H3. The lowest BCUT2D eigenvalue weighted by atomic mass is 10.2. The lowest BCUT2D eigenvalue weighted by molar-refractivity contribution is 0.600. The summed E-state index contributed by atoms with van der Waals surface area (Å²) >= 11 is 0. The van der Waals surface area contributed by atoms with Crippen molar-refractivity contribution in [3.05, 3.63) is 102 Å². The van der Waals surface area contributed by atoms with Crippen LogP contribution in [0.3, 0.4) is 0 Å². The molecule has 0 aliphatic rings. The van der Waals surface area contributed by atoms with Gasteiger partial charge < -0.3 is 5.32 Å². The SMILES string of the molecule is Cc1nn(Cc2ccccc2)cc1S(=O)(=O)Nc1ccc(Nc2ccccc2)cc1. The maximum absolute atomic E-state index is 12.9. The Balaban J connectivity index is 1.47. The van der Waals surface area contributed by atoms with Crippen LogP contribution in [0.25, 0.3) is 0 Å². The van der Waals surface area contributed by atoms with Gasteiger partial charge in [-0.3, -0.25) is 9.40 Å². The molecular weight excluding hydrogens is 396 g/mol. The van der Waals surface area contributed by atoms with E-state index in [-0.39, 0.29) is 4.90 Å². The van der Waals surface area contributed by atoms with Crippen molar-refractivity contribution in [1.29, 1.82) is 0 Å². The number of aromatic nitrogens is 2. The molecule has 1 aromatic heterocycles. The molecule has 0 aliphatic heterocycles. The molecule has 0 saturated heterocycles. The highest BCUT2D eigenvalue weighted by Gasteiger charge is 2.20. The smallest absolute Gasteiger partial charge is 0.265 e. The van der Waals surface area contributed by atoms with Gasteiger partial charge in [0.05, 0.1) is 12.2 Å². The fourth-order valence-electron chi connectivity index (χ4n) is 3.13. The van der Waals surface area contributed by atoms with Gasteiger partial charge >= 0.3 is 0 Å². The van der Waals surface area contributed by atoms with Crippen molar-refractivity contribution >= 4 is 27.1 Å². The quantitative estimate of drug-likeness (QED) is 0.453. The first-order valence-corrected chi connectivity index (χ1v) is 11.0. The average molecular weight is 419 g/mol. The zero-order valence-electron chi connectivity index (χ0n) is 16.5. The van der Waals surface area contributed by atoms with Gasteiger partial charge in [0, 0.05) is 23.3 Å². The van der Waals surface area contributed by atoms with E-state index < -0.39 is 10.0 Å². The molecule has 0 bridgehead atoms. The molecule has 0 radical (unpaired) electrons. The van der Waals surface area contributed by atoms with Gasteiger partial charge in [-0.25, -0.2) is 8.42 Å².